The number of amides is 1. The van der Waals surface area contributed by atoms with Crippen LogP contribution in [-0.4, -0.2) is 37.0 Å². The summed E-state index contributed by atoms with van der Waals surface area (Å²) in [5.74, 6) is -1.16. The van der Waals surface area contributed by atoms with E-state index < -0.39 is 11.6 Å². The van der Waals surface area contributed by atoms with Crippen LogP contribution in [0, 0.1) is 11.6 Å². The number of carbonyl (C=O) groups excluding carboxylic acids is 1. The van der Waals surface area contributed by atoms with Crippen molar-refractivity contribution in [3.05, 3.63) is 53.6 Å². The maximum Gasteiger partial charge on any atom is 0.257 e. The normalized spacial score (nSPS) is 17.0. The van der Waals surface area contributed by atoms with Crippen LogP contribution in [0.2, 0.25) is 0 Å². The number of hydrogen-bond donors (Lipinski definition) is 1. The Bertz CT molecular complexity index is 795. The highest BCUT2D eigenvalue weighted by Gasteiger charge is 2.29. The van der Waals surface area contributed by atoms with Gasteiger partial charge in [-0.15, -0.1) is 0 Å². The number of halogens is 2. The molecule has 1 saturated heterocycles. The summed E-state index contributed by atoms with van der Waals surface area (Å²) in [5.41, 5.74) is 6.28. The molecule has 0 aromatic heterocycles. The number of hydrogen-bond acceptors (Lipinski definition) is 3. The number of likely N-dealkylation sites (tertiary alicyclic amines) is 1. The van der Waals surface area contributed by atoms with Crippen molar-refractivity contribution >= 4 is 5.91 Å². The summed E-state index contributed by atoms with van der Waals surface area (Å²) in [7, 11) is 1.45. The third-order valence-corrected chi connectivity index (χ3v) is 4.60. The Kier molecular flexibility index (Phi) is 4.99. The van der Waals surface area contributed by atoms with Crippen LogP contribution in [0.15, 0.2) is 36.4 Å². The van der Waals surface area contributed by atoms with E-state index in [2.05, 4.69) is 0 Å². The lowest BCUT2D eigenvalue weighted by atomic mass is 10.0. The molecule has 1 amide bonds. The molecule has 0 spiro atoms. The average Bonchev–Trinajstić information content (AvgIpc) is 3.09. The highest BCUT2D eigenvalue weighted by molar-refractivity contribution is 5.95. The second-order valence-corrected chi connectivity index (χ2v) is 6.07. The van der Waals surface area contributed by atoms with Gasteiger partial charge in [0.25, 0.3) is 5.91 Å². The SMILES string of the molecule is COc1ccc(-c2ccc(C(=O)N3CCCC3CN)c(F)c2)c(F)c1. The second-order valence-electron chi connectivity index (χ2n) is 6.07. The fourth-order valence-electron chi connectivity index (χ4n) is 3.22. The molecule has 1 heterocycles. The first kappa shape index (κ1) is 17.4. The predicted octanol–water partition coefficient (Wildman–Crippen LogP) is 3.20. The van der Waals surface area contributed by atoms with E-state index in [4.69, 9.17) is 10.5 Å². The zero-order valence-electron chi connectivity index (χ0n) is 14.0. The van der Waals surface area contributed by atoms with Gasteiger partial charge in [-0.05, 0) is 42.7 Å². The fourth-order valence-corrected chi connectivity index (χ4v) is 3.22. The molecule has 2 aromatic rings. The van der Waals surface area contributed by atoms with Gasteiger partial charge >= 0.3 is 0 Å². The van der Waals surface area contributed by atoms with E-state index in [1.165, 1.54) is 31.4 Å². The van der Waals surface area contributed by atoms with E-state index in [0.29, 0.717) is 24.4 Å². The van der Waals surface area contributed by atoms with Crippen LogP contribution in [0.5, 0.6) is 5.75 Å². The number of nitrogens with two attached hydrogens (primary N) is 1. The lowest BCUT2D eigenvalue weighted by molar-refractivity contribution is 0.0736. The van der Waals surface area contributed by atoms with Crippen molar-refractivity contribution in [2.45, 2.75) is 18.9 Å². The molecule has 1 atom stereocenters. The predicted molar refractivity (Wildman–Crippen MR) is 91.5 cm³/mol. The van der Waals surface area contributed by atoms with E-state index in [1.54, 1.807) is 17.0 Å². The van der Waals surface area contributed by atoms with Gasteiger partial charge in [-0.3, -0.25) is 4.79 Å². The van der Waals surface area contributed by atoms with Gasteiger partial charge < -0.3 is 15.4 Å². The first-order valence-corrected chi connectivity index (χ1v) is 8.19. The molecule has 1 aliphatic rings. The molecule has 0 aliphatic carbocycles. The number of methoxy groups -OCH3 is 1. The topological polar surface area (TPSA) is 55.6 Å². The van der Waals surface area contributed by atoms with E-state index in [1.807, 2.05) is 0 Å². The van der Waals surface area contributed by atoms with Gasteiger partial charge in [0.2, 0.25) is 0 Å². The molecule has 4 nitrogen and oxygen atoms in total. The van der Waals surface area contributed by atoms with Crippen molar-refractivity contribution in [2.24, 2.45) is 5.73 Å². The van der Waals surface area contributed by atoms with Crippen LogP contribution in [0.1, 0.15) is 23.2 Å². The molecule has 1 fully saturated rings. The Morgan fingerprint density at radius 1 is 1.24 bits per heavy atom. The largest absolute Gasteiger partial charge is 0.497 e. The molecule has 25 heavy (non-hydrogen) atoms. The molecule has 0 radical (unpaired) electrons. The van der Waals surface area contributed by atoms with Crippen LogP contribution in [0.25, 0.3) is 11.1 Å². The van der Waals surface area contributed by atoms with Gasteiger partial charge in [0, 0.05) is 30.8 Å². The molecule has 2 N–H and O–H groups in total. The van der Waals surface area contributed by atoms with E-state index in [9.17, 15) is 13.6 Å². The van der Waals surface area contributed by atoms with Gasteiger partial charge in [0.15, 0.2) is 0 Å². The van der Waals surface area contributed by atoms with Crippen molar-refractivity contribution < 1.29 is 18.3 Å². The molecule has 3 rings (SSSR count). The first-order valence-electron chi connectivity index (χ1n) is 8.19. The zero-order chi connectivity index (χ0) is 18.0. The Labute approximate surface area is 145 Å². The second kappa shape index (κ2) is 7.19. The van der Waals surface area contributed by atoms with E-state index >= 15 is 0 Å². The highest BCUT2D eigenvalue weighted by atomic mass is 19.1. The molecular weight excluding hydrogens is 326 g/mol. The fraction of sp³-hybridized carbons (Fsp3) is 0.316. The molecular formula is C19H20F2N2O2. The third kappa shape index (κ3) is 3.35. The molecule has 6 heteroatoms. The van der Waals surface area contributed by atoms with Gasteiger partial charge in [-0.1, -0.05) is 6.07 Å². The Morgan fingerprint density at radius 3 is 2.68 bits per heavy atom. The minimum Gasteiger partial charge on any atom is -0.497 e. The summed E-state index contributed by atoms with van der Waals surface area (Å²) < 4.78 is 33.7. The quantitative estimate of drug-likeness (QED) is 0.925. The summed E-state index contributed by atoms with van der Waals surface area (Å²) >= 11 is 0. The lowest BCUT2D eigenvalue weighted by Gasteiger charge is -2.23. The number of ether oxygens (including phenoxy) is 1. The summed E-state index contributed by atoms with van der Waals surface area (Å²) in [6, 6.07) is 8.46. The summed E-state index contributed by atoms with van der Waals surface area (Å²) in [6.07, 6.45) is 1.70. The Morgan fingerprint density at radius 2 is 2.04 bits per heavy atom. The van der Waals surface area contributed by atoms with E-state index in [0.717, 1.165) is 12.8 Å². The Balaban J connectivity index is 1.90. The van der Waals surface area contributed by atoms with Gasteiger partial charge in [0.1, 0.15) is 17.4 Å². The number of nitrogens with zero attached hydrogens (tertiary/aromatic N) is 1. The average molecular weight is 346 g/mol. The maximum absolute atomic E-state index is 14.5. The van der Waals surface area contributed by atoms with Crippen LogP contribution in [-0.2, 0) is 0 Å². The summed E-state index contributed by atoms with van der Waals surface area (Å²) in [4.78, 5) is 14.2. The van der Waals surface area contributed by atoms with Crippen molar-refractivity contribution in [3.63, 3.8) is 0 Å². The molecule has 1 unspecified atom stereocenters. The van der Waals surface area contributed by atoms with Crippen LogP contribution in [0.3, 0.4) is 0 Å². The maximum atomic E-state index is 14.5. The van der Waals surface area contributed by atoms with Crippen molar-refractivity contribution in [1.29, 1.82) is 0 Å². The summed E-state index contributed by atoms with van der Waals surface area (Å²) in [6.45, 7) is 0.942. The molecule has 0 saturated carbocycles. The van der Waals surface area contributed by atoms with Gasteiger partial charge in [0.05, 0.1) is 12.7 Å². The number of benzene rings is 2. The molecule has 132 valence electrons. The molecule has 1 aliphatic heterocycles. The zero-order valence-corrected chi connectivity index (χ0v) is 14.0. The minimum atomic E-state index is -0.666. The summed E-state index contributed by atoms with van der Waals surface area (Å²) in [5, 5.41) is 0. The lowest BCUT2D eigenvalue weighted by Crippen LogP contribution is -2.40. The van der Waals surface area contributed by atoms with Crippen LogP contribution in [0.4, 0.5) is 8.78 Å². The number of carbonyl (C=O) groups is 1. The smallest absolute Gasteiger partial charge is 0.257 e. The minimum absolute atomic E-state index is 0.0157. The van der Waals surface area contributed by atoms with Crippen molar-refractivity contribution in [1.82, 2.24) is 4.90 Å². The number of rotatable bonds is 4. The van der Waals surface area contributed by atoms with Crippen molar-refractivity contribution in [2.75, 3.05) is 20.2 Å². The van der Waals surface area contributed by atoms with Gasteiger partial charge in [-0.2, -0.15) is 0 Å². The van der Waals surface area contributed by atoms with Crippen LogP contribution < -0.4 is 10.5 Å². The first-order chi connectivity index (χ1) is 12.0. The van der Waals surface area contributed by atoms with Crippen molar-refractivity contribution in [3.8, 4) is 16.9 Å². The Hall–Kier alpha value is -2.47. The van der Waals surface area contributed by atoms with Gasteiger partial charge in [-0.25, -0.2) is 8.78 Å². The third-order valence-electron chi connectivity index (χ3n) is 4.60. The molecule has 0 bridgehead atoms. The van der Waals surface area contributed by atoms with Crippen LogP contribution >= 0.6 is 0 Å². The monoisotopic (exact) mass is 346 g/mol. The standard InChI is InChI=1S/C19H20F2N2O2/c1-25-14-5-7-15(18(21)10-14)12-4-6-16(17(20)9-12)19(24)23-8-2-3-13(23)11-22/h4-7,9-10,13H,2-3,8,11,22H2,1H3. The van der Waals surface area contributed by atoms with E-state index in [-0.39, 0.29) is 23.1 Å². The highest BCUT2D eigenvalue weighted by Crippen LogP contribution is 2.28. The molecule has 2 aromatic carbocycles.